The van der Waals surface area contributed by atoms with Crippen molar-refractivity contribution < 1.29 is 0 Å². The van der Waals surface area contributed by atoms with E-state index in [2.05, 4.69) is 31.1 Å². The molecule has 2 aliphatic rings. The number of hydrogen-bond acceptors (Lipinski definition) is 2. The van der Waals surface area contributed by atoms with Crippen molar-refractivity contribution in [1.82, 2.24) is 10.2 Å². The topological polar surface area (TPSA) is 15.3 Å². The molecule has 0 aromatic heterocycles. The highest BCUT2D eigenvalue weighted by atomic mass is 15.2. The Bertz CT molecular complexity index is 239. The molecule has 2 aliphatic carbocycles. The largest absolute Gasteiger partial charge is 0.314 e. The van der Waals surface area contributed by atoms with Crippen LogP contribution in [0.2, 0.25) is 0 Å². The molecule has 2 saturated carbocycles. The zero-order chi connectivity index (χ0) is 13.0. The number of nitrogens with one attached hydrogen (secondary N) is 1. The fourth-order valence-corrected chi connectivity index (χ4v) is 4.08. The Morgan fingerprint density at radius 3 is 2.33 bits per heavy atom. The third kappa shape index (κ3) is 3.71. The van der Waals surface area contributed by atoms with E-state index in [0.717, 1.165) is 30.6 Å². The van der Waals surface area contributed by atoms with Gasteiger partial charge in [-0.25, -0.2) is 0 Å². The Morgan fingerprint density at radius 1 is 1.00 bits per heavy atom. The van der Waals surface area contributed by atoms with Crippen LogP contribution in [0.25, 0.3) is 0 Å². The quantitative estimate of drug-likeness (QED) is 0.825. The van der Waals surface area contributed by atoms with Crippen molar-refractivity contribution in [1.29, 1.82) is 0 Å². The first kappa shape index (κ1) is 14.3. The van der Waals surface area contributed by atoms with Crippen molar-refractivity contribution in [2.75, 3.05) is 13.6 Å². The van der Waals surface area contributed by atoms with Crippen molar-refractivity contribution in [3.8, 4) is 0 Å². The van der Waals surface area contributed by atoms with Crippen LogP contribution in [0.4, 0.5) is 0 Å². The molecule has 0 aromatic rings. The van der Waals surface area contributed by atoms with E-state index in [-0.39, 0.29) is 0 Å². The third-order valence-electron chi connectivity index (χ3n) is 5.20. The zero-order valence-electron chi connectivity index (χ0n) is 12.6. The van der Waals surface area contributed by atoms with Gasteiger partial charge in [0.2, 0.25) is 0 Å². The molecule has 1 N–H and O–H groups in total. The second-order valence-electron chi connectivity index (χ2n) is 6.67. The molecule has 2 rings (SSSR count). The van der Waals surface area contributed by atoms with Gasteiger partial charge >= 0.3 is 0 Å². The molecule has 0 amide bonds. The maximum Gasteiger partial charge on any atom is 0.0110 e. The van der Waals surface area contributed by atoms with Gasteiger partial charge in [-0.1, -0.05) is 33.1 Å². The highest BCUT2D eigenvalue weighted by Crippen LogP contribution is 2.31. The summed E-state index contributed by atoms with van der Waals surface area (Å²) >= 11 is 0. The van der Waals surface area contributed by atoms with Crippen LogP contribution < -0.4 is 5.32 Å². The van der Waals surface area contributed by atoms with Crippen LogP contribution in [-0.4, -0.2) is 36.6 Å². The van der Waals surface area contributed by atoms with Crippen molar-refractivity contribution in [2.45, 2.75) is 83.3 Å². The molecule has 0 heterocycles. The molecular weight excluding hydrogens is 220 g/mol. The minimum Gasteiger partial charge on any atom is -0.314 e. The van der Waals surface area contributed by atoms with Gasteiger partial charge in [0.15, 0.2) is 0 Å². The second-order valence-corrected chi connectivity index (χ2v) is 6.67. The van der Waals surface area contributed by atoms with Crippen LogP contribution in [0.5, 0.6) is 0 Å². The van der Waals surface area contributed by atoms with E-state index >= 15 is 0 Å². The Morgan fingerprint density at radius 2 is 1.67 bits per heavy atom. The lowest BCUT2D eigenvalue weighted by Crippen LogP contribution is -2.47. The lowest BCUT2D eigenvalue weighted by atomic mass is 9.83. The normalized spacial score (nSPS) is 38.0. The summed E-state index contributed by atoms with van der Waals surface area (Å²) in [5.74, 6) is 0.944. The lowest BCUT2D eigenvalue weighted by Gasteiger charge is -2.42. The Kier molecular flexibility index (Phi) is 5.50. The average molecular weight is 252 g/mol. The van der Waals surface area contributed by atoms with Gasteiger partial charge in [-0.05, 0) is 51.6 Å². The maximum atomic E-state index is 3.65. The van der Waals surface area contributed by atoms with Gasteiger partial charge in [0, 0.05) is 18.1 Å². The maximum absolute atomic E-state index is 3.65. The molecule has 0 saturated heterocycles. The van der Waals surface area contributed by atoms with Crippen LogP contribution in [0.1, 0.15) is 65.2 Å². The zero-order valence-corrected chi connectivity index (χ0v) is 12.6. The summed E-state index contributed by atoms with van der Waals surface area (Å²) in [6, 6.07) is 2.47. The predicted molar refractivity (Wildman–Crippen MR) is 78.9 cm³/mol. The van der Waals surface area contributed by atoms with E-state index < -0.39 is 0 Å². The van der Waals surface area contributed by atoms with Crippen molar-refractivity contribution >= 4 is 0 Å². The van der Waals surface area contributed by atoms with E-state index in [4.69, 9.17) is 0 Å². The van der Waals surface area contributed by atoms with Crippen molar-refractivity contribution in [3.05, 3.63) is 0 Å². The van der Waals surface area contributed by atoms with Gasteiger partial charge in [-0.3, -0.25) is 0 Å². The molecule has 2 heteroatoms. The molecule has 2 nitrogen and oxygen atoms in total. The summed E-state index contributed by atoms with van der Waals surface area (Å²) in [4.78, 5) is 2.74. The smallest absolute Gasteiger partial charge is 0.0110 e. The minimum absolute atomic E-state index is 0.775. The summed E-state index contributed by atoms with van der Waals surface area (Å²) in [6.07, 6.45) is 11.4. The molecule has 0 aliphatic heterocycles. The third-order valence-corrected chi connectivity index (χ3v) is 5.20. The standard InChI is InChI=1S/C16H32N2/c1-4-17-14-8-6-10-16(12-14)18(3)15-9-5-7-13(2)11-15/h13-17H,4-12H2,1-3H3. The first-order chi connectivity index (χ1) is 8.70. The predicted octanol–water partition coefficient (Wildman–Crippen LogP) is 3.42. The molecule has 0 radical (unpaired) electrons. The van der Waals surface area contributed by atoms with Crippen molar-refractivity contribution in [2.24, 2.45) is 5.92 Å². The van der Waals surface area contributed by atoms with Crippen LogP contribution in [-0.2, 0) is 0 Å². The lowest BCUT2D eigenvalue weighted by molar-refractivity contribution is 0.0870. The number of hydrogen-bond donors (Lipinski definition) is 1. The molecule has 0 bridgehead atoms. The van der Waals surface area contributed by atoms with Gasteiger partial charge in [0.25, 0.3) is 0 Å². The summed E-state index contributed by atoms with van der Waals surface area (Å²) < 4.78 is 0. The van der Waals surface area contributed by atoms with Crippen LogP contribution in [0.15, 0.2) is 0 Å². The average Bonchev–Trinajstić information content (AvgIpc) is 2.39. The monoisotopic (exact) mass is 252 g/mol. The van der Waals surface area contributed by atoms with Gasteiger partial charge in [-0.2, -0.15) is 0 Å². The SMILES string of the molecule is CCNC1CCCC(N(C)C2CCCC(C)C2)C1. The molecule has 2 fully saturated rings. The molecule has 106 valence electrons. The molecule has 18 heavy (non-hydrogen) atoms. The van der Waals surface area contributed by atoms with E-state index in [0.29, 0.717) is 0 Å². The first-order valence-electron chi connectivity index (χ1n) is 8.16. The first-order valence-corrected chi connectivity index (χ1v) is 8.16. The summed E-state index contributed by atoms with van der Waals surface area (Å²) in [5.41, 5.74) is 0. The molecule has 4 atom stereocenters. The Labute approximate surface area is 114 Å². The summed E-state index contributed by atoms with van der Waals surface area (Å²) in [6.45, 7) is 5.79. The Hall–Kier alpha value is -0.0800. The second kappa shape index (κ2) is 6.91. The fourth-order valence-electron chi connectivity index (χ4n) is 4.08. The van der Waals surface area contributed by atoms with Gasteiger partial charge in [-0.15, -0.1) is 0 Å². The number of rotatable bonds is 4. The molecule has 0 aromatic carbocycles. The van der Waals surface area contributed by atoms with E-state index in [1.54, 1.807) is 0 Å². The minimum atomic E-state index is 0.775. The Balaban J connectivity index is 1.85. The summed E-state index contributed by atoms with van der Waals surface area (Å²) in [5, 5.41) is 3.65. The van der Waals surface area contributed by atoms with E-state index in [9.17, 15) is 0 Å². The summed E-state index contributed by atoms with van der Waals surface area (Å²) in [7, 11) is 2.39. The van der Waals surface area contributed by atoms with E-state index in [1.807, 2.05) is 0 Å². The molecule has 4 unspecified atom stereocenters. The number of nitrogens with zero attached hydrogens (tertiary/aromatic N) is 1. The van der Waals surface area contributed by atoms with Gasteiger partial charge in [0.1, 0.15) is 0 Å². The van der Waals surface area contributed by atoms with Crippen molar-refractivity contribution in [3.63, 3.8) is 0 Å². The van der Waals surface area contributed by atoms with Crippen LogP contribution >= 0.6 is 0 Å². The fraction of sp³-hybridized carbons (Fsp3) is 1.00. The highest BCUT2D eigenvalue weighted by molar-refractivity contribution is 4.87. The van der Waals surface area contributed by atoms with Crippen LogP contribution in [0, 0.1) is 5.92 Å². The molecular formula is C16H32N2. The van der Waals surface area contributed by atoms with Gasteiger partial charge in [0.05, 0.1) is 0 Å². The van der Waals surface area contributed by atoms with Crippen LogP contribution in [0.3, 0.4) is 0 Å². The molecule has 0 spiro atoms. The van der Waals surface area contributed by atoms with E-state index in [1.165, 1.54) is 51.4 Å². The highest BCUT2D eigenvalue weighted by Gasteiger charge is 2.30. The van der Waals surface area contributed by atoms with Gasteiger partial charge < -0.3 is 10.2 Å².